The van der Waals surface area contributed by atoms with Gasteiger partial charge in [0.1, 0.15) is 0 Å². The van der Waals surface area contributed by atoms with Crippen molar-refractivity contribution >= 4 is 26.8 Å². The van der Waals surface area contributed by atoms with E-state index < -0.39 is 10.2 Å². The zero-order valence-electron chi connectivity index (χ0n) is 9.98. The lowest BCUT2D eigenvalue weighted by Gasteiger charge is -2.13. The number of nitrogens with one attached hydrogen (secondary N) is 2. The number of nitrogens with zero attached hydrogens (tertiary/aromatic N) is 1. The topological polar surface area (TPSA) is 65.2 Å². The van der Waals surface area contributed by atoms with Crippen molar-refractivity contribution in [1.29, 1.82) is 0 Å². The molecular weight excluding hydrogens is 238 g/mol. The van der Waals surface area contributed by atoms with E-state index in [0.717, 1.165) is 20.9 Å². The number of fused-ring (bicyclic) bond motifs is 1. The van der Waals surface area contributed by atoms with E-state index in [1.165, 1.54) is 14.1 Å². The van der Waals surface area contributed by atoms with Crippen LogP contribution in [0.5, 0.6) is 0 Å². The predicted octanol–water partition coefficient (Wildman–Crippen LogP) is 1.69. The second-order valence-corrected chi connectivity index (χ2v) is 5.99. The summed E-state index contributed by atoms with van der Waals surface area (Å²) in [5.74, 6) is 0. The van der Waals surface area contributed by atoms with Crippen molar-refractivity contribution in [3.05, 3.63) is 30.0 Å². The van der Waals surface area contributed by atoms with Gasteiger partial charge in [-0.15, -0.1) is 0 Å². The Morgan fingerprint density at radius 2 is 2.00 bits per heavy atom. The standard InChI is InChI=1S/C11H15N3O2S/c1-8-7-9-10(12-8)5-4-6-11(9)13-17(15,16)14(2)3/h4-7,12-13H,1-3H3. The van der Waals surface area contributed by atoms with E-state index in [2.05, 4.69) is 9.71 Å². The number of rotatable bonds is 3. The van der Waals surface area contributed by atoms with Crippen LogP contribution < -0.4 is 4.72 Å². The van der Waals surface area contributed by atoms with Gasteiger partial charge in [0.15, 0.2) is 0 Å². The van der Waals surface area contributed by atoms with Crippen molar-refractivity contribution < 1.29 is 8.42 Å². The van der Waals surface area contributed by atoms with Crippen LogP contribution in [0.25, 0.3) is 10.9 Å². The third-order valence-corrected chi connectivity index (χ3v) is 3.96. The number of aromatic nitrogens is 1. The maximum absolute atomic E-state index is 11.8. The summed E-state index contributed by atoms with van der Waals surface area (Å²) >= 11 is 0. The molecule has 1 aromatic carbocycles. The Morgan fingerprint density at radius 3 is 2.65 bits per heavy atom. The SMILES string of the molecule is Cc1cc2c(NS(=O)(=O)N(C)C)cccc2[nH]1. The summed E-state index contributed by atoms with van der Waals surface area (Å²) in [6.07, 6.45) is 0. The first-order valence-corrected chi connectivity index (χ1v) is 6.63. The minimum absolute atomic E-state index is 0.584. The molecule has 0 aliphatic carbocycles. The predicted molar refractivity (Wildman–Crippen MR) is 69.3 cm³/mol. The molecule has 6 heteroatoms. The molecule has 0 aliphatic rings. The molecule has 1 heterocycles. The summed E-state index contributed by atoms with van der Waals surface area (Å²) in [6.45, 7) is 1.93. The molecule has 1 aromatic heterocycles. The first-order valence-electron chi connectivity index (χ1n) is 5.19. The largest absolute Gasteiger partial charge is 0.359 e. The van der Waals surface area contributed by atoms with Gasteiger partial charge in [-0.2, -0.15) is 12.7 Å². The van der Waals surface area contributed by atoms with Crippen LogP contribution in [0.3, 0.4) is 0 Å². The van der Waals surface area contributed by atoms with Gasteiger partial charge in [-0.25, -0.2) is 0 Å². The molecule has 0 unspecified atom stereocenters. The Labute approximate surface area is 101 Å². The summed E-state index contributed by atoms with van der Waals surface area (Å²) in [5.41, 5.74) is 2.50. The highest BCUT2D eigenvalue weighted by atomic mass is 32.2. The minimum atomic E-state index is -3.46. The molecule has 0 aliphatic heterocycles. The number of aryl methyl sites for hydroxylation is 1. The Morgan fingerprint density at radius 1 is 1.29 bits per heavy atom. The van der Waals surface area contributed by atoms with Crippen molar-refractivity contribution in [1.82, 2.24) is 9.29 Å². The summed E-state index contributed by atoms with van der Waals surface area (Å²) < 4.78 is 27.2. The quantitative estimate of drug-likeness (QED) is 0.874. The maximum Gasteiger partial charge on any atom is 0.301 e. The molecule has 92 valence electrons. The Balaban J connectivity index is 2.50. The van der Waals surface area contributed by atoms with Crippen molar-refractivity contribution in [3.8, 4) is 0 Å². The molecule has 17 heavy (non-hydrogen) atoms. The average molecular weight is 253 g/mol. The molecule has 0 atom stereocenters. The number of aromatic amines is 1. The van der Waals surface area contributed by atoms with Gasteiger partial charge < -0.3 is 4.98 Å². The van der Waals surface area contributed by atoms with E-state index >= 15 is 0 Å². The molecule has 2 N–H and O–H groups in total. The fourth-order valence-corrected chi connectivity index (χ4v) is 2.25. The molecule has 2 rings (SSSR count). The van der Waals surface area contributed by atoms with E-state index in [1.54, 1.807) is 6.07 Å². The molecule has 2 aromatic rings. The lowest BCUT2D eigenvalue weighted by molar-refractivity contribution is 0.527. The molecular formula is C11H15N3O2S. The fraction of sp³-hybridized carbons (Fsp3) is 0.273. The van der Waals surface area contributed by atoms with Crippen LogP contribution in [0.15, 0.2) is 24.3 Å². The number of benzene rings is 1. The molecule has 0 bridgehead atoms. The number of hydrogen-bond donors (Lipinski definition) is 2. The van der Waals surface area contributed by atoms with E-state index in [9.17, 15) is 8.42 Å². The second-order valence-electron chi connectivity index (χ2n) is 4.11. The van der Waals surface area contributed by atoms with Gasteiger partial charge >= 0.3 is 10.2 Å². The zero-order valence-corrected chi connectivity index (χ0v) is 10.8. The second kappa shape index (κ2) is 4.05. The van der Waals surface area contributed by atoms with E-state index in [0.29, 0.717) is 5.69 Å². The van der Waals surface area contributed by atoms with Crippen LogP contribution in [0.1, 0.15) is 5.69 Å². The third-order valence-electron chi connectivity index (χ3n) is 2.52. The Hall–Kier alpha value is -1.53. The summed E-state index contributed by atoms with van der Waals surface area (Å²) in [5, 5.41) is 0.871. The average Bonchev–Trinajstić information content (AvgIpc) is 2.59. The van der Waals surface area contributed by atoms with Gasteiger partial charge in [0.2, 0.25) is 0 Å². The normalized spacial score (nSPS) is 12.2. The van der Waals surface area contributed by atoms with E-state index in [-0.39, 0.29) is 0 Å². The molecule has 0 saturated carbocycles. The van der Waals surface area contributed by atoms with Crippen molar-refractivity contribution in [2.45, 2.75) is 6.92 Å². The van der Waals surface area contributed by atoms with Crippen LogP contribution in [0.4, 0.5) is 5.69 Å². The van der Waals surface area contributed by atoms with E-state index in [1.807, 2.05) is 25.1 Å². The fourth-order valence-electron chi connectivity index (χ4n) is 1.61. The third kappa shape index (κ3) is 2.27. The van der Waals surface area contributed by atoms with Gasteiger partial charge in [0.25, 0.3) is 0 Å². The lowest BCUT2D eigenvalue weighted by Crippen LogP contribution is -2.28. The number of H-pyrrole nitrogens is 1. The summed E-state index contributed by atoms with van der Waals surface area (Å²) in [7, 11) is -0.482. The molecule has 0 fully saturated rings. The molecule has 5 nitrogen and oxygen atoms in total. The molecule has 0 spiro atoms. The Kier molecular flexibility index (Phi) is 2.84. The lowest BCUT2D eigenvalue weighted by atomic mass is 10.2. The van der Waals surface area contributed by atoms with Crippen LogP contribution >= 0.6 is 0 Å². The smallest absolute Gasteiger partial charge is 0.301 e. The number of hydrogen-bond acceptors (Lipinski definition) is 2. The highest BCUT2D eigenvalue weighted by molar-refractivity contribution is 7.90. The van der Waals surface area contributed by atoms with Gasteiger partial charge in [-0.05, 0) is 25.1 Å². The van der Waals surface area contributed by atoms with Crippen LogP contribution in [-0.2, 0) is 10.2 Å². The Bertz CT molecular complexity index is 644. The maximum atomic E-state index is 11.8. The van der Waals surface area contributed by atoms with Gasteiger partial charge in [-0.1, -0.05) is 6.07 Å². The monoisotopic (exact) mass is 253 g/mol. The number of anilines is 1. The highest BCUT2D eigenvalue weighted by Gasteiger charge is 2.14. The minimum Gasteiger partial charge on any atom is -0.359 e. The van der Waals surface area contributed by atoms with Crippen LogP contribution in [0.2, 0.25) is 0 Å². The first kappa shape index (κ1) is 11.9. The van der Waals surface area contributed by atoms with Crippen LogP contribution in [-0.4, -0.2) is 31.8 Å². The van der Waals surface area contributed by atoms with Gasteiger partial charge in [0, 0.05) is 30.7 Å². The van der Waals surface area contributed by atoms with Crippen molar-refractivity contribution in [2.75, 3.05) is 18.8 Å². The molecule has 0 amide bonds. The van der Waals surface area contributed by atoms with Crippen molar-refractivity contribution in [2.24, 2.45) is 0 Å². The van der Waals surface area contributed by atoms with Gasteiger partial charge in [-0.3, -0.25) is 4.72 Å². The zero-order chi connectivity index (χ0) is 12.6. The van der Waals surface area contributed by atoms with Gasteiger partial charge in [0.05, 0.1) is 5.69 Å². The first-order chi connectivity index (χ1) is 7.90. The summed E-state index contributed by atoms with van der Waals surface area (Å²) in [6, 6.07) is 7.39. The van der Waals surface area contributed by atoms with Crippen LogP contribution in [0, 0.1) is 6.92 Å². The molecule has 0 radical (unpaired) electrons. The summed E-state index contributed by atoms with van der Waals surface area (Å²) in [4.78, 5) is 3.17. The molecule has 0 saturated heterocycles. The highest BCUT2D eigenvalue weighted by Crippen LogP contribution is 2.25. The van der Waals surface area contributed by atoms with E-state index in [4.69, 9.17) is 0 Å². The van der Waals surface area contributed by atoms with Crippen molar-refractivity contribution in [3.63, 3.8) is 0 Å².